The number of hydrogen-bond donors (Lipinski definition) is 0. The molecule has 28 heavy (non-hydrogen) atoms. The fourth-order valence-electron chi connectivity index (χ4n) is 3.16. The lowest BCUT2D eigenvalue weighted by Gasteiger charge is -2.19. The summed E-state index contributed by atoms with van der Waals surface area (Å²) in [5.41, 5.74) is 0.330. The van der Waals surface area contributed by atoms with E-state index in [1.54, 1.807) is 0 Å². The maximum Gasteiger partial charge on any atom is 0.416 e. The Morgan fingerprint density at radius 1 is 1.04 bits per heavy atom. The van der Waals surface area contributed by atoms with E-state index < -0.39 is 11.7 Å². The van der Waals surface area contributed by atoms with Crippen LogP contribution in [0.25, 0.3) is 11.0 Å². The zero-order valence-corrected chi connectivity index (χ0v) is 16.0. The van der Waals surface area contributed by atoms with E-state index in [1.165, 1.54) is 6.07 Å². The number of alkyl halides is 3. The van der Waals surface area contributed by atoms with Crippen molar-refractivity contribution >= 4 is 11.0 Å². The number of aromatic nitrogens is 2. The molecule has 1 heterocycles. The highest BCUT2D eigenvalue weighted by atomic mass is 19.4. The van der Waals surface area contributed by atoms with Crippen LogP contribution >= 0.6 is 0 Å². The molecular formula is C21H24F3N3O. The highest BCUT2D eigenvalue weighted by molar-refractivity contribution is 5.77. The Hall–Kier alpha value is -2.54. The number of para-hydroxylation sites is 1. The van der Waals surface area contributed by atoms with Crippen molar-refractivity contribution in [2.24, 2.45) is 0 Å². The zero-order chi connectivity index (χ0) is 20.1. The molecule has 7 heteroatoms. The van der Waals surface area contributed by atoms with Gasteiger partial charge < -0.3 is 14.2 Å². The second-order valence-corrected chi connectivity index (χ2v) is 6.51. The van der Waals surface area contributed by atoms with Gasteiger partial charge in [0.2, 0.25) is 0 Å². The van der Waals surface area contributed by atoms with E-state index >= 15 is 0 Å². The molecule has 150 valence electrons. The number of rotatable bonds is 8. The molecule has 0 aliphatic heterocycles. The van der Waals surface area contributed by atoms with Gasteiger partial charge >= 0.3 is 6.18 Å². The van der Waals surface area contributed by atoms with Crippen molar-refractivity contribution in [2.45, 2.75) is 33.2 Å². The van der Waals surface area contributed by atoms with E-state index in [2.05, 4.69) is 23.7 Å². The summed E-state index contributed by atoms with van der Waals surface area (Å²) in [4.78, 5) is 6.71. The molecule has 0 atom stereocenters. The number of fused-ring (bicyclic) bond motifs is 1. The van der Waals surface area contributed by atoms with Gasteiger partial charge in [-0.2, -0.15) is 13.2 Å². The molecule has 0 N–H and O–H groups in total. The van der Waals surface area contributed by atoms with Crippen LogP contribution < -0.4 is 4.74 Å². The van der Waals surface area contributed by atoms with Crippen LogP contribution in [-0.2, 0) is 19.3 Å². The summed E-state index contributed by atoms with van der Waals surface area (Å²) in [6.07, 6.45) is -4.39. The van der Waals surface area contributed by atoms with Gasteiger partial charge in [0.25, 0.3) is 0 Å². The smallest absolute Gasteiger partial charge is 0.416 e. The molecule has 4 nitrogen and oxygen atoms in total. The molecule has 0 fully saturated rings. The molecule has 0 aliphatic rings. The predicted octanol–water partition coefficient (Wildman–Crippen LogP) is 4.98. The normalized spacial score (nSPS) is 12.1. The average Bonchev–Trinajstić information content (AvgIpc) is 3.04. The number of imidazole rings is 1. The SMILES string of the molecule is CCN(CC)CCn1c(COc2ccccc2)nc2cc(C(F)(F)F)ccc21. The predicted molar refractivity (Wildman–Crippen MR) is 103 cm³/mol. The van der Waals surface area contributed by atoms with Crippen molar-refractivity contribution in [1.82, 2.24) is 14.5 Å². The maximum atomic E-state index is 13.1. The molecule has 2 aromatic carbocycles. The molecule has 0 bridgehead atoms. The zero-order valence-electron chi connectivity index (χ0n) is 16.0. The van der Waals surface area contributed by atoms with Gasteiger partial charge in [-0.15, -0.1) is 0 Å². The first-order valence-corrected chi connectivity index (χ1v) is 9.39. The second-order valence-electron chi connectivity index (χ2n) is 6.51. The summed E-state index contributed by atoms with van der Waals surface area (Å²) < 4.78 is 47.0. The van der Waals surface area contributed by atoms with E-state index in [0.717, 1.165) is 31.8 Å². The molecule has 0 saturated carbocycles. The molecule has 0 saturated heterocycles. The molecule has 3 rings (SSSR count). The second kappa shape index (κ2) is 8.65. The van der Waals surface area contributed by atoms with Gasteiger partial charge in [-0.05, 0) is 43.4 Å². The Balaban J connectivity index is 1.92. The fourth-order valence-corrected chi connectivity index (χ4v) is 3.16. The van der Waals surface area contributed by atoms with E-state index in [-0.39, 0.29) is 6.61 Å². The number of halogens is 3. The Bertz CT molecular complexity index is 902. The first kappa shape index (κ1) is 20.2. The van der Waals surface area contributed by atoms with Gasteiger partial charge in [0.1, 0.15) is 18.2 Å². The van der Waals surface area contributed by atoms with Gasteiger partial charge in [0.15, 0.2) is 0 Å². The summed E-state index contributed by atoms with van der Waals surface area (Å²) in [5.74, 6) is 1.31. The molecule has 0 aliphatic carbocycles. The third-order valence-corrected chi connectivity index (χ3v) is 4.80. The van der Waals surface area contributed by atoms with Crippen LogP contribution in [-0.4, -0.2) is 34.1 Å². The van der Waals surface area contributed by atoms with E-state index in [0.29, 0.717) is 29.2 Å². The molecular weight excluding hydrogens is 367 g/mol. The molecule has 1 aromatic heterocycles. The molecule has 0 amide bonds. The highest BCUT2D eigenvalue weighted by Crippen LogP contribution is 2.31. The summed E-state index contributed by atoms with van der Waals surface area (Å²) in [5, 5.41) is 0. The quantitative estimate of drug-likeness (QED) is 0.543. The van der Waals surface area contributed by atoms with Crippen LogP contribution in [0.1, 0.15) is 25.2 Å². The number of ether oxygens (including phenoxy) is 1. The van der Waals surface area contributed by atoms with Crippen molar-refractivity contribution in [2.75, 3.05) is 19.6 Å². The van der Waals surface area contributed by atoms with Gasteiger partial charge in [0, 0.05) is 13.1 Å². The monoisotopic (exact) mass is 391 g/mol. The first-order chi connectivity index (χ1) is 13.4. The minimum absolute atomic E-state index is 0.193. The molecule has 3 aromatic rings. The van der Waals surface area contributed by atoms with Crippen molar-refractivity contribution in [3.8, 4) is 5.75 Å². The third-order valence-electron chi connectivity index (χ3n) is 4.80. The Morgan fingerprint density at radius 3 is 2.39 bits per heavy atom. The van der Waals surface area contributed by atoms with Crippen molar-refractivity contribution in [3.05, 3.63) is 59.9 Å². The molecule has 0 unspecified atom stereocenters. The number of benzene rings is 2. The average molecular weight is 391 g/mol. The van der Waals surface area contributed by atoms with Gasteiger partial charge in [-0.25, -0.2) is 4.98 Å². The number of hydrogen-bond acceptors (Lipinski definition) is 3. The summed E-state index contributed by atoms with van der Waals surface area (Å²) in [6.45, 7) is 7.62. The van der Waals surface area contributed by atoms with Crippen LogP contribution in [0.4, 0.5) is 13.2 Å². The number of nitrogens with zero attached hydrogens (tertiary/aromatic N) is 3. The van der Waals surface area contributed by atoms with Gasteiger partial charge in [0.05, 0.1) is 16.6 Å². The lowest BCUT2D eigenvalue weighted by Crippen LogP contribution is -2.27. The van der Waals surface area contributed by atoms with E-state index in [9.17, 15) is 13.2 Å². The summed E-state index contributed by atoms with van der Waals surface area (Å²) in [6, 6.07) is 13.0. The Kier molecular flexibility index (Phi) is 6.24. The molecule has 0 radical (unpaired) electrons. The molecule has 0 spiro atoms. The van der Waals surface area contributed by atoms with Gasteiger partial charge in [-0.1, -0.05) is 32.0 Å². The van der Waals surface area contributed by atoms with Crippen molar-refractivity contribution < 1.29 is 17.9 Å². The van der Waals surface area contributed by atoms with E-state index in [4.69, 9.17) is 4.74 Å². The maximum absolute atomic E-state index is 13.1. The Labute approximate surface area is 162 Å². The largest absolute Gasteiger partial charge is 0.486 e. The van der Waals surface area contributed by atoms with Crippen LogP contribution in [0.15, 0.2) is 48.5 Å². The lowest BCUT2D eigenvalue weighted by atomic mass is 10.2. The van der Waals surface area contributed by atoms with Gasteiger partial charge in [-0.3, -0.25) is 0 Å². The first-order valence-electron chi connectivity index (χ1n) is 9.39. The van der Waals surface area contributed by atoms with E-state index in [1.807, 2.05) is 34.9 Å². The van der Waals surface area contributed by atoms with Crippen molar-refractivity contribution in [3.63, 3.8) is 0 Å². The van der Waals surface area contributed by atoms with Crippen LogP contribution in [0.3, 0.4) is 0 Å². The van der Waals surface area contributed by atoms with Crippen LogP contribution in [0, 0.1) is 0 Å². The minimum atomic E-state index is -4.39. The lowest BCUT2D eigenvalue weighted by molar-refractivity contribution is -0.137. The van der Waals surface area contributed by atoms with Crippen LogP contribution in [0.2, 0.25) is 0 Å². The van der Waals surface area contributed by atoms with Crippen molar-refractivity contribution in [1.29, 1.82) is 0 Å². The minimum Gasteiger partial charge on any atom is -0.486 e. The van der Waals surface area contributed by atoms with Crippen LogP contribution in [0.5, 0.6) is 5.75 Å². The fraction of sp³-hybridized carbons (Fsp3) is 0.381. The highest BCUT2D eigenvalue weighted by Gasteiger charge is 2.31. The number of likely N-dealkylation sites (N-methyl/N-ethyl adjacent to an activating group) is 1. The summed E-state index contributed by atoms with van der Waals surface area (Å²) >= 11 is 0. The standard InChI is InChI=1S/C21H24F3N3O/c1-3-26(4-2)12-13-27-19-11-10-16(21(22,23)24)14-18(19)25-20(27)15-28-17-8-6-5-7-9-17/h5-11,14H,3-4,12-13,15H2,1-2H3. The third kappa shape index (κ3) is 4.65. The summed E-state index contributed by atoms with van der Waals surface area (Å²) in [7, 11) is 0. The Morgan fingerprint density at radius 2 is 1.75 bits per heavy atom. The topological polar surface area (TPSA) is 30.3 Å².